The van der Waals surface area contributed by atoms with E-state index in [-0.39, 0.29) is 0 Å². The quantitative estimate of drug-likeness (QED) is 0.602. The highest BCUT2D eigenvalue weighted by molar-refractivity contribution is 4.86. The van der Waals surface area contributed by atoms with E-state index in [0.717, 1.165) is 12.1 Å². The van der Waals surface area contributed by atoms with E-state index in [1.54, 1.807) is 0 Å². The zero-order valence-electron chi connectivity index (χ0n) is 8.17. The third-order valence-corrected chi connectivity index (χ3v) is 2.43. The molecule has 0 aromatic rings. The lowest BCUT2D eigenvalue weighted by molar-refractivity contribution is 0.0395. The Morgan fingerprint density at radius 2 is 2.09 bits per heavy atom. The maximum atomic E-state index is 2.57. The van der Waals surface area contributed by atoms with Crippen molar-refractivity contribution in [3.63, 3.8) is 0 Å². The predicted octanol–water partition coefficient (Wildman–Crippen LogP) is 1.03. The van der Waals surface area contributed by atoms with Crippen molar-refractivity contribution in [2.45, 2.75) is 32.4 Å². The highest BCUT2D eigenvalue weighted by atomic mass is 15.3. The first-order valence-electron chi connectivity index (χ1n) is 4.51. The molecule has 1 saturated heterocycles. The van der Waals surface area contributed by atoms with Gasteiger partial charge in [-0.05, 0) is 34.4 Å². The highest BCUT2D eigenvalue weighted by Gasteiger charge is 2.29. The Hall–Kier alpha value is -0.0800. The van der Waals surface area contributed by atoms with E-state index in [9.17, 15) is 0 Å². The van der Waals surface area contributed by atoms with Crippen LogP contribution in [0.1, 0.15) is 20.3 Å². The van der Waals surface area contributed by atoms with Crippen LogP contribution in [0.25, 0.3) is 0 Å². The molecule has 2 heteroatoms. The summed E-state index contributed by atoms with van der Waals surface area (Å²) in [7, 11) is 4.30. The fourth-order valence-corrected chi connectivity index (χ4v) is 1.76. The van der Waals surface area contributed by atoms with Gasteiger partial charge in [-0.25, -0.2) is 0 Å². The summed E-state index contributed by atoms with van der Waals surface area (Å²) in [6.45, 7) is 7.08. The molecule has 0 N–H and O–H groups in total. The number of hydrogen-bond acceptors (Lipinski definition) is 2. The molecule has 2 nitrogen and oxygen atoms in total. The van der Waals surface area contributed by atoms with E-state index in [1.165, 1.54) is 19.5 Å². The van der Waals surface area contributed by atoms with Gasteiger partial charge in [0.15, 0.2) is 0 Å². The van der Waals surface area contributed by atoms with Gasteiger partial charge >= 0.3 is 0 Å². The minimum atomic E-state index is 0.730. The van der Waals surface area contributed by atoms with E-state index in [4.69, 9.17) is 0 Å². The Bertz CT molecular complexity index is 121. The van der Waals surface area contributed by atoms with Crippen molar-refractivity contribution in [3.8, 4) is 0 Å². The molecule has 0 spiro atoms. The summed E-state index contributed by atoms with van der Waals surface area (Å²) in [5.74, 6) is 0. The summed E-state index contributed by atoms with van der Waals surface area (Å²) in [6, 6.07) is 1.55. The molecule has 0 aliphatic carbocycles. The average Bonchev–Trinajstić information content (AvgIpc) is 1.78. The Morgan fingerprint density at radius 1 is 1.45 bits per heavy atom. The minimum Gasteiger partial charge on any atom is -0.308 e. The molecule has 1 unspecified atom stereocenters. The first-order chi connectivity index (χ1) is 5.11. The third kappa shape index (κ3) is 2.17. The van der Waals surface area contributed by atoms with Gasteiger partial charge in [-0.1, -0.05) is 0 Å². The second-order valence-electron chi connectivity index (χ2n) is 4.04. The van der Waals surface area contributed by atoms with Gasteiger partial charge in [0.05, 0.1) is 0 Å². The second kappa shape index (κ2) is 3.55. The van der Waals surface area contributed by atoms with Gasteiger partial charge < -0.3 is 4.90 Å². The molecule has 0 radical (unpaired) electrons. The maximum absolute atomic E-state index is 2.57. The van der Waals surface area contributed by atoms with Crippen molar-refractivity contribution in [1.82, 2.24) is 9.80 Å². The monoisotopic (exact) mass is 156 g/mol. The van der Waals surface area contributed by atoms with E-state index in [2.05, 4.69) is 37.7 Å². The topological polar surface area (TPSA) is 6.48 Å². The van der Waals surface area contributed by atoms with Gasteiger partial charge in [-0.2, -0.15) is 0 Å². The summed E-state index contributed by atoms with van der Waals surface area (Å²) in [5.41, 5.74) is 0. The predicted molar refractivity (Wildman–Crippen MR) is 48.8 cm³/mol. The number of likely N-dealkylation sites (N-methyl/N-ethyl adjacent to an activating group) is 1. The molecule has 1 heterocycles. The Morgan fingerprint density at radius 3 is 2.36 bits per heavy atom. The molecule has 1 fully saturated rings. The maximum Gasteiger partial charge on any atom is 0.0237 e. The van der Waals surface area contributed by atoms with Crippen molar-refractivity contribution in [1.29, 1.82) is 0 Å². The molecule has 1 rings (SSSR count). The van der Waals surface area contributed by atoms with E-state index in [0.29, 0.717) is 0 Å². The first-order valence-corrected chi connectivity index (χ1v) is 4.51. The molecule has 66 valence electrons. The van der Waals surface area contributed by atoms with Crippen molar-refractivity contribution >= 4 is 0 Å². The molecule has 1 aliphatic heterocycles. The van der Waals surface area contributed by atoms with Crippen LogP contribution in [0.5, 0.6) is 0 Å². The fraction of sp³-hybridized carbons (Fsp3) is 1.00. The van der Waals surface area contributed by atoms with Crippen molar-refractivity contribution in [2.75, 3.05) is 27.2 Å². The lowest BCUT2D eigenvalue weighted by Gasteiger charge is -2.45. The van der Waals surface area contributed by atoms with Crippen LogP contribution in [-0.4, -0.2) is 49.1 Å². The summed E-state index contributed by atoms with van der Waals surface area (Å²) in [5, 5.41) is 0. The standard InChI is InChI=1S/C9H20N2/c1-8(2)11-6-5-9(11)7-10(3)4/h8-9H,5-7H2,1-4H3. The van der Waals surface area contributed by atoms with E-state index in [1.807, 2.05) is 0 Å². The van der Waals surface area contributed by atoms with Crippen molar-refractivity contribution in [2.24, 2.45) is 0 Å². The van der Waals surface area contributed by atoms with Crippen LogP contribution in [0.2, 0.25) is 0 Å². The van der Waals surface area contributed by atoms with Gasteiger partial charge in [0.2, 0.25) is 0 Å². The van der Waals surface area contributed by atoms with Gasteiger partial charge in [-0.3, -0.25) is 4.90 Å². The van der Waals surface area contributed by atoms with Crippen LogP contribution in [0, 0.1) is 0 Å². The van der Waals surface area contributed by atoms with Gasteiger partial charge in [0.1, 0.15) is 0 Å². The SMILES string of the molecule is CC(C)N1CCC1CN(C)C. The van der Waals surface area contributed by atoms with E-state index < -0.39 is 0 Å². The summed E-state index contributed by atoms with van der Waals surface area (Å²) in [6.07, 6.45) is 1.39. The number of rotatable bonds is 3. The van der Waals surface area contributed by atoms with Crippen LogP contribution in [0.4, 0.5) is 0 Å². The fourth-order valence-electron chi connectivity index (χ4n) is 1.76. The number of nitrogens with zero attached hydrogens (tertiary/aromatic N) is 2. The molecular weight excluding hydrogens is 136 g/mol. The van der Waals surface area contributed by atoms with Crippen molar-refractivity contribution < 1.29 is 0 Å². The highest BCUT2D eigenvalue weighted by Crippen LogP contribution is 2.20. The van der Waals surface area contributed by atoms with Gasteiger partial charge in [0.25, 0.3) is 0 Å². The number of hydrogen-bond donors (Lipinski definition) is 0. The summed E-state index contributed by atoms with van der Waals surface area (Å²) >= 11 is 0. The third-order valence-electron chi connectivity index (χ3n) is 2.43. The average molecular weight is 156 g/mol. The Kier molecular flexibility index (Phi) is 2.90. The molecule has 0 aromatic heterocycles. The van der Waals surface area contributed by atoms with E-state index >= 15 is 0 Å². The van der Waals surface area contributed by atoms with Gasteiger partial charge in [-0.15, -0.1) is 0 Å². The zero-order chi connectivity index (χ0) is 8.43. The first kappa shape index (κ1) is 9.01. The smallest absolute Gasteiger partial charge is 0.0237 e. The molecule has 11 heavy (non-hydrogen) atoms. The Labute approximate surface area is 70.2 Å². The van der Waals surface area contributed by atoms with Crippen molar-refractivity contribution in [3.05, 3.63) is 0 Å². The minimum absolute atomic E-state index is 0.730. The Balaban J connectivity index is 2.26. The van der Waals surface area contributed by atoms with Crippen LogP contribution >= 0.6 is 0 Å². The molecule has 0 bridgehead atoms. The molecule has 1 aliphatic rings. The summed E-state index contributed by atoms with van der Waals surface area (Å²) in [4.78, 5) is 4.85. The zero-order valence-corrected chi connectivity index (χ0v) is 8.17. The van der Waals surface area contributed by atoms with Crippen LogP contribution < -0.4 is 0 Å². The van der Waals surface area contributed by atoms with Crippen LogP contribution in [-0.2, 0) is 0 Å². The lowest BCUT2D eigenvalue weighted by atomic mass is 10.0. The molecule has 0 saturated carbocycles. The van der Waals surface area contributed by atoms with Crippen LogP contribution in [0.15, 0.2) is 0 Å². The second-order valence-corrected chi connectivity index (χ2v) is 4.04. The largest absolute Gasteiger partial charge is 0.308 e. The van der Waals surface area contributed by atoms with Gasteiger partial charge in [0, 0.05) is 25.2 Å². The molecular formula is C9H20N2. The lowest BCUT2D eigenvalue weighted by Crippen LogP contribution is -2.55. The van der Waals surface area contributed by atoms with Crippen LogP contribution in [0.3, 0.4) is 0 Å². The molecule has 0 amide bonds. The normalized spacial score (nSPS) is 26.2. The summed E-state index contributed by atoms with van der Waals surface area (Å²) < 4.78 is 0. The number of likely N-dealkylation sites (tertiary alicyclic amines) is 1. The molecule has 1 atom stereocenters. The molecule has 0 aromatic carbocycles.